The lowest BCUT2D eigenvalue weighted by Crippen LogP contribution is -2.43. The molecule has 5 nitrogen and oxygen atoms in total. The zero-order chi connectivity index (χ0) is 12.3. The molecule has 0 saturated carbocycles. The van der Waals surface area contributed by atoms with Crippen molar-refractivity contribution in [2.75, 3.05) is 27.2 Å². The number of esters is 1. The number of methoxy groups -OCH3 is 1. The fourth-order valence-electron chi connectivity index (χ4n) is 2.13. The molecule has 0 aromatic heterocycles. The van der Waals surface area contributed by atoms with E-state index in [-0.39, 0.29) is 17.9 Å². The van der Waals surface area contributed by atoms with Crippen molar-refractivity contribution in [2.45, 2.75) is 26.3 Å². The molecule has 0 aromatic rings. The van der Waals surface area contributed by atoms with Gasteiger partial charge < -0.3 is 10.1 Å². The third kappa shape index (κ3) is 2.35. The maximum absolute atomic E-state index is 11.7. The van der Waals surface area contributed by atoms with Crippen LogP contribution < -0.4 is 5.32 Å². The first kappa shape index (κ1) is 13.0. The van der Waals surface area contributed by atoms with Crippen LogP contribution in [0.5, 0.6) is 0 Å². The smallest absolute Gasteiger partial charge is 0.322 e. The molecule has 1 heterocycles. The van der Waals surface area contributed by atoms with Gasteiger partial charge in [-0.25, -0.2) is 0 Å². The minimum Gasteiger partial charge on any atom is -0.468 e. The fraction of sp³-hybridized carbons (Fsp3) is 0.818. The van der Waals surface area contributed by atoms with Crippen LogP contribution in [-0.4, -0.2) is 50.1 Å². The monoisotopic (exact) mass is 228 g/mol. The van der Waals surface area contributed by atoms with E-state index in [4.69, 9.17) is 4.74 Å². The summed E-state index contributed by atoms with van der Waals surface area (Å²) >= 11 is 0. The number of rotatable bonds is 3. The van der Waals surface area contributed by atoms with E-state index in [1.807, 2.05) is 11.8 Å². The van der Waals surface area contributed by atoms with Gasteiger partial charge in [0.2, 0.25) is 5.91 Å². The Morgan fingerprint density at radius 1 is 1.50 bits per heavy atom. The van der Waals surface area contributed by atoms with Gasteiger partial charge in [-0.1, -0.05) is 0 Å². The van der Waals surface area contributed by atoms with Gasteiger partial charge in [-0.2, -0.15) is 0 Å². The maximum Gasteiger partial charge on any atom is 0.322 e. The lowest BCUT2D eigenvalue weighted by Gasteiger charge is -2.25. The van der Waals surface area contributed by atoms with Crippen molar-refractivity contribution in [3.63, 3.8) is 0 Å². The van der Waals surface area contributed by atoms with E-state index in [0.29, 0.717) is 6.54 Å². The van der Waals surface area contributed by atoms with Crippen molar-refractivity contribution in [1.82, 2.24) is 10.2 Å². The molecular formula is C11H20N2O3. The standard InChI is InChI=1S/C11H20N2O3/c1-8(9(14)16-4)13-6-5-11(2,7-13)10(15)12-3/h8H,5-7H2,1-4H3,(H,12,15). The SMILES string of the molecule is CNC(=O)C1(C)CCN(C(C)C(=O)OC)C1. The van der Waals surface area contributed by atoms with E-state index in [9.17, 15) is 9.59 Å². The lowest BCUT2D eigenvalue weighted by atomic mass is 9.89. The van der Waals surface area contributed by atoms with Crippen molar-refractivity contribution in [2.24, 2.45) is 5.41 Å². The minimum atomic E-state index is -0.392. The second kappa shape index (κ2) is 4.82. The molecule has 2 unspecified atom stereocenters. The number of carbonyl (C=O) groups excluding carboxylic acids is 2. The zero-order valence-corrected chi connectivity index (χ0v) is 10.4. The van der Waals surface area contributed by atoms with Gasteiger partial charge in [0.05, 0.1) is 12.5 Å². The number of hydrogen-bond acceptors (Lipinski definition) is 4. The van der Waals surface area contributed by atoms with Crippen LogP contribution in [0.1, 0.15) is 20.3 Å². The summed E-state index contributed by atoms with van der Waals surface area (Å²) in [6.45, 7) is 5.08. The molecule has 1 N–H and O–H groups in total. The summed E-state index contributed by atoms with van der Waals surface area (Å²) < 4.78 is 4.70. The van der Waals surface area contributed by atoms with E-state index >= 15 is 0 Å². The molecular weight excluding hydrogens is 208 g/mol. The van der Waals surface area contributed by atoms with E-state index in [0.717, 1.165) is 13.0 Å². The molecule has 92 valence electrons. The Kier molecular flexibility index (Phi) is 3.91. The molecule has 1 aliphatic heterocycles. The fourth-order valence-corrected chi connectivity index (χ4v) is 2.13. The number of amides is 1. The van der Waals surface area contributed by atoms with Crippen LogP contribution >= 0.6 is 0 Å². The largest absolute Gasteiger partial charge is 0.468 e. The summed E-state index contributed by atoms with van der Waals surface area (Å²) in [6.07, 6.45) is 0.772. The predicted octanol–water partition coefficient (Wildman–Crippen LogP) is 0.00590. The molecule has 5 heteroatoms. The van der Waals surface area contributed by atoms with Crippen LogP contribution in [-0.2, 0) is 14.3 Å². The zero-order valence-electron chi connectivity index (χ0n) is 10.4. The molecule has 16 heavy (non-hydrogen) atoms. The van der Waals surface area contributed by atoms with Crippen molar-refractivity contribution < 1.29 is 14.3 Å². The average molecular weight is 228 g/mol. The molecule has 0 radical (unpaired) electrons. The van der Waals surface area contributed by atoms with Gasteiger partial charge >= 0.3 is 5.97 Å². The summed E-state index contributed by atoms with van der Waals surface area (Å²) in [4.78, 5) is 25.1. The summed E-state index contributed by atoms with van der Waals surface area (Å²) in [7, 11) is 3.02. The number of ether oxygens (including phenoxy) is 1. The molecule has 1 aliphatic rings. The third-order valence-corrected chi connectivity index (χ3v) is 3.37. The average Bonchev–Trinajstić information content (AvgIpc) is 2.70. The highest BCUT2D eigenvalue weighted by molar-refractivity contribution is 5.83. The number of nitrogens with one attached hydrogen (secondary N) is 1. The second-order valence-corrected chi connectivity index (χ2v) is 4.56. The number of nitrogens with zero attached hydrogens (tertiary/aromatic N) is 1. The summed E-state index contributed by atoms with van der Waals surface area (Å²) in [5.41, 5.74) is -0.392. The summed E-state index contributed by atoms with van der Waals surface area (Å²) in [5, 5.41) is 2.67. The summed E-state index contributed by atoms with van der Waals surface area (Å²) in [5.74, 6) is -0.215. The van der Waals surface area contributed by atoms with Gasteiger partial charge in [0.25, 0.3) is 0 Å². The summed E-state index contributed by atoms with van der Waals surface area (Å²) in [6, 6.07) is -0.281. The Morgan fingerprint density at radius 2 is 2.12 bits per heavy atom. The first-order valence-corrected chi connectivity index (χ1v) is 5.48. The highest BCUT2D eigenvalue weighted by Crippen LogP contribution is 2.31. The Hall–Kier alpha value is -1.10. The first-order chi connectivity index (χ1) is 7.44. The van der Waals surface area contributed by atoms with Crippen LogP contribution in [0.25, 0.3) is 0 Å². The second-order valence-electron chi connectivity index (χ2n) is 4.56. The quantitative estimate of drug-likeness (QED) is 0.691. The van der Waals surface area contributed by atoms with Crippen LogP contribution in [0, 0.1) is 5.41 Å². The number of likely N-dealkylation sites (tertiary alicyclic amines) is 1. The van der Waals surface area contributed by atoms with Gasteiger partial charge in [0.15, 0.2) is 0 Å². The molecule has 1 saturated heterocycles. The highest BCUT2D eigenvalue weighted by atomic mass is 16.5. The Bertz CT molecular complexity index is 293. The number of hydrogen-bond donors (Lipinski definition) is 1. The Labute approximate surface area is 96.1 Å². The van der Waals surface area contributed by atoms with Crippen molar-refractivity contribution >= 4 is 11.9 Å². The molecule has 1 amide bonds. The first-order valence-electron chi connectivity index (χ1n) is 5.48. The molecule has 2 atom stereocenters. The predicted molar refractivity (Wildman–Crippen MR) is 59.8 cm³/mol. The van der Waals surface area contributed by atoms with E-state index in [1.165, 1.54) is 7.11 Å². The maximum atomic E-state index is 11.7. The van der Waals surface area contributed by atoms with Crippen molar-refractivity contribution in [1.29, 1.82) is 0 Å². The van der Waals surface area contributed by atoms with E-state index in [2.05, 4.69) is 5.32 Å². The Morgan fingerprint density at radius 3 is 2.62 bits per heavy atom. The molecule has 0 aromatic carbocycles. The van der Waals surface area contributed by atoms with E-state index < -0.39 is 5.41 Å². The van der Waals surface area contributed by atoms with Crippen LogP contribution in [0.3, 0.4) is 0 Å². The lowest BCUT2D eigenvalue weighted by molar-refractivity contribution is -0.146. The van der Waals surface area contributed by atoms with Gasteiger partial charge in [-0.3, -0.25) is 14.5 Å². The molecule has 0 aliphatic carbocycles. The molecule has 1 fully saturated rings. The van der Waals surface area contributed by atoms with Crippen LogP contribution in [0.15, 0.2) is 0 Å². The van der Waals surface area contributed by atoms with Crippen LogP contribution in [0.2, 0.25) is 0 Å². The normalized spacial score (nSPS) is 27.5. The van der Waals surface area contributed by atoms with Crippen LogP contribution in [0.4, 0.5) is 0 Å². The van der Waals surface area contributed by atoms with Crippen molar-refractivity contribution in [3.8, 4) is 0 Å². The van der Waals surface area contributed by atoms with Gasteiger partial charge in [-0.15, -0.1) is 0 Å². The topological polar surface area (TPSA) is 58.6 Å². The van der Waals surface area contributed by atoms with Gasteiger partial charge in [0.1, 0.15) is 6.04 Å². The highest BCUT2D eigenvalue weighted by Gasteiger charge is 2.42. The third-order valence-electron chi connectivity index (χ3n) is 3.37. The molecule has 0 bridgehead atoms. The van der Waals surface area contributed by atoms with Crippen molar-refractivity contribution in [3.05, 3.63) is 0 Å². The number of carbonyl (C=O) groups is 2. The Balaban J connectivity index is 2.65. The molecule has 1 rings (SSSR count). The van der Waals surface area contributed by atoms with Gasteiger partial charge in [0, 0.05) is 20.1 Å². The van der Waals surface area contributed by atoms with Gasteiger partial charge in [-0.05, 0) is 20.3 Å². The van der Waals surface area contributed by atoms with E-state index in [1.54, 1.807) is 14.0 Å². The molecule has 0 spiro atoms. The minimum absolute atomic E-state index is 0.0343.